The van der Waals surface area contributed by atoms with Crippen molar-refractivity contribution >= 4 is 24.5 Å². The highest BCUT2D eigenvalue weighted by Crippen LogP contribution is 2.50. The van der Waals surface area contributed by atoms with Gasteiger partial charge in [0, 0.05) is 28.5 Å². The first kappa shape index (κ1) is 32.6. The van der Waals surface area contributed by atoms with E-state index in [1.807, 2.05) is 24.3 Å². The molecule has 0 amide bonds. The number of fused-ring (bicyclic) bond motifs is 1. The van der Waals surface area contributed by atoms with Gasteiger partial charge in [-0.2, -0.15) is 5.09 Å². The number of aromatic nitrogens is 2. The first-order valence-electron chi connectivity index (χ1n) is 14.2. The molecule has 3 N–H and O–H groups in total. The highest BCUT2D eigenvalue weighted by atomic mass is 31.2. The minimum atomic E-state index is -4.57. The van der Waals surface area contributed by atoms with E-state index in [4.69, 9.17) is 18.5 Å². The molecular weight excluding hydrogens is 619 g/mol. The third kappa shape index (κ3) is 7.05. The van der Waals surface area contributed by atoms with Crippen molar-refractivity contribution < 1.29 is 33.0 Å². The van der Waals surface area contributed by atoms with Gasteiger partial charge in [0.25, 0.3) is 5.56 Å². The molecule has 1 fully saturated rings. The molecule has 1 aliphatic heterocycles. The molecule has 0 spiro atoms. The topological polar surface area (TPSA) is 207 Å². The van der Waals surface area contributed by atoms with Crippen LogP contribution in [0, 0.1) is 5.92 Å². The highest BCUT2D eigenvalue weighted by molar-refractivity contribution is 7.52. The number of hydrogen-bond acceptors (Lipinski definition) is 10. The average molecular weight is 651 g/mol. The molecule has 0 radical (unpaired) electrons. The molecule has 15 nitrogen and oxygen atoms in total. The van der Waals surface area contributed by atoms with E-state index in [2.05, 4.69) is 20.1 Å². The Kier molecular flexibility index (Phi) is 9.73. The first-order chi connectivity index (χ1) is 22.0. The Hall–Kier alpha value is -4.75. The maximum absolute atomic E-state index is 14.4. The van der Waals surface area contributed by atoms with E-state index in [0.29, 0.717) is 5.39 Å². The number of benzene rings is 3. The number of hydrogen-bond donors (Lipinski definition) is 3. The lowest BCUT2D eigenvalue weighted by Gasteiger charge is -2.30. The second-order valence-corrected chi connectivity index (χ2v) is 12.3. The number of aliphatic hydroxyl groups excluding tert-OH is 1. The zero-order valence-corrected chi connectivity index (χ0v) is 25.7. The summed E-state index contributed by atoms with van der Waals surface area (Å²) in [6.07, 6.45) is -1.63. The number of azide groups is 1. The van der Waals surface area contributed by atoms with Gasteiger partial charge in [0.2, 0.25) is 0 Å². The molecule has 240 valence electrons. The summed E-state index contributed by atoms with van der Waals surface area (Å²) in [5, 5.41) is 18.8. The summed E-state index contributed by atoms with van der Waals surface area (Å²) in [5.74, 6) is -1.49. The lowest BCUT2D eigenvalue weighted by Crippen LogP contribution is -2.44. The van der Waals surface area contributed by atoms with Crippen molar-refractivity contribution in [3.63, 3.8) is 0 Å². The summed E-state index contributed by atoms with van der Waals surface area (Å²) in [4.78, 5) is 41.9. The van der Waals surface area contributed by atoms with Crippen LogP contribution in [0.2, 0.25) is 0 Å². The maximum Gasteiger partial charge on any atom is 0.459 e. The number of carbonyl (C=O) groups is 1. The Balaban J connectivity index is 1.43. The molecule has 0 saturated carbocycles. The van der Waals surface area contributed by atoms with Crippen LogP contribution < -0.4 is 20.9 Å². The smallest absolute Gasteiger partial charge is 0.459 e. The predicted molar refractivity (Wildman–Crippen MR) is 165 cm³/mol. The summed E-state index contributed by atoms with van der Waals surface area (Å²) in [7, 11) is -4.57. The quantitative estimate of drug-likeness (QED) is 0.0656. The van der Waals surface area contributed by atoms with Crippen LogP contribution in [0.1, 0.15) is 25.6 Å². The van der Waals surface area contributed by atoms with Crippen molar-refractivity contribution in [2.24, 2.45) is 11.0 Å². The van der Waals surface area contributed by atoms with E-state index in [1.54, 1.807) is 48.5 Å². The van der Waals surface area contributed by atoms with Gasteiger partial charge in [0.05, 0.1) is 12.7 Å². The van der Waals surface area contributed by atoms with Crippen LogP contribution in [0.25, 0.3) is 21.2 Å². The van der Waals surface area contributed by atoms with Gasteiger partial charge in [-0.1, -0.05) is 78.8 Å². The molecule has 4 aromatic rings. The molecule has 0 aliphatic carbocycles. The fourth-order valence-corrected chi connectivity index (χ4v) is 6.55. The summed E-state index contributed by atoms with van der Waals surface area (Å²) in [6.45, 7) is 2.06. The van der Waals surface area contributed by atoms with E-state index >= 15 is 0 Å². The summed E-state index contributed by atoms with van der Waals surface area (Å²) >= 11 is 0. The van der Waals surface area contributed by atoms with E-state index in [-0.39, 0.29) is 12.4 Å². The van der Waals surface area contributed by atoms with E-state index < -0.39 is 61.6 Å². The summed E-state index contributed by atoms with van der Waals surface area (Å²) in [6, 6.07) is 21.0. The Morgan fingerprint density at radius 3 is 2.61 bits per heavy atom. The van der Waals surface area contributed by atoms with Gasteiger partial charge in [-0.3, -0.25) is 23.7 Å². The monoisotopic (exact) mass is 650 g/mol. The number of rotatable bonds is 12. The molecule has 6 atom stereocenters. The number of ether oxygens (including phenoxy) is 2. The van der Waals surface area contributed by atoms with Crippen LogP contribution in [0.15, 0.2) is 99.8 Å². The number of nitrogens with zero attached hydrogens (tertiary/aromatic N) is 4. The molecule has 16 heteroatoms. The van der Waals surface area contributed by atoms with Crippen molar-refractivity contribution in [2.45, 2.75) is 44.6 Å². The maximum atomic E-state index is 14.4. The molecule has 1 aromatic heterocycles. The highest BCUT2D eigenvalue weighted by Gasteiger charge is 2.55. The second-order valence-electron chi connectivity index (χ2n) is 10.6. The lowest BCUT2D eigenvalue weighted by atomic mass is 9.98. The molecule has 1 unspecified atom stereocenters. The van der Waals surface area contributed by atoms with Gasteiger partial charge in [-0.15, -0.1) is 0 Å². The molecule has 5 rings (SSSR count). The Morgan fingerprint density at radius 1 is 1.15 bits per heavy atom. The van der Waals surface area contributed by atoms with Gasteiger partial charge >= 0.3 is 19.4 Å². The number of nitrogens with one attached hydrogen (secondary N) is 2. The zero-order valence-electron chi connectivity index (χ0n) is 24.8. The Labute approximate surface area is 261 Å². The molecular formula is C30H31N6O9P. The fraction of sp³-hybridized carbons (Fsp3) is 0.300. The number of aromatic amines is 1. The number of aliphatic hydroxyl groups is 1. The van der Waals surface area contributed by atoms with Gasteiger partial charge in [0.1, 0.15) is 24.6 Å². The number of carbonyl (C=O) groups excluding carboxylic acids is 1. The van der Waals surface area contributed by atoms with Crippen LogP contribution in [-0.2, 0) is 30.0 Å². The third-order valence-corrected chi connectivity index (χ3v) is 9.02. The number of H-pyrrole nitrogens is 1. The standard InChI is InChI=1S/C30H31N6O9P/c1-19-26(38)30(34-35-31,44-27(19)36-16-15-25(37)32-29(36)40)18-43-46(41,45-24-14-8-12-22-11-6-7-13-23(22)24)33-20(2)28(39)42-17-21-9-4-3-5-10-21/h3-16,19-20,26-27,38H,17-18H2,1-2H3,(H,33,41)(H,32,37,40)/t19-,20-,26-,27+,30+,46?/m0/s1. The van der Waals surface area contributed by atoms with Gasteiger partial charge < -0.3 is 19.1 Å². The van der Waals surface area contributed by atoms with Gasteiger partial charge in [0.15, 0.2) is 5.72 Å². The Bertz CT molecular complexity index is 1920. The second kappa shape index (κ2) is 13.7. The molecule has 2 heterocycles. The molecule has 1 aliphatic rings. The van der Waals surface area contributed by atoms with Crippen molar-refractivity contribution in [1.29, 1.82) is 0 Å². The van der Waals surface area contributed by atoms with Crippen molar-refractivity contribution in [3.05, 3.63) is 122 Å². The molecule has 1 saturated heterocycles. The van der Waals surface area contributed by atoms with Crippen LogP contribution in [0.3, 0.4) is 0 Å². The lowest BCUT2D eigenvalue weighted by molar-refractivity contribution is -0.146. The summed E-state index contributed by atoms with van der Waals surface area (Å²) in [5.41, 5.74) is 6.48. The number of esters is 1. The first-order valence-corrected chi connectivity index (χ1v) is 15.7. The zero-order chi connectivity index (χ0) is 32.9. The van der Waals surface area contributed by atoms with Crippen molar-refractivity contribution in [2.75, 3.05) is 6.61 Å². The largest absolute Gasteiger partial charge is 0.460 e. The normalized spacial score (nSPS) is 22.8. The van der Waals surface area contributed by atoms with Crippen LogP contribution in [-0.4, -0.2) is 45.1 Å². The van der Waals surface area contributed by atoms with E-state index in [9.17, 15) is 29.6 Å². The van der Waals surface area contributed by atoms with Crippen molar-refractivity contribution in [1.82, 2.24) is 14.6 Å². The minimum absolute atomic E-state index is 0.0372. The van der Waals surface area contributed by atoms with Crippen LogP contribution >= 0.6 is 7.75 Å². The van der Waals surface area contributed by atoms with Crippen LogP contribution in [0.4, 0.5) is 0 Å². The predicted octanol–water partition coefficient (Wildman–Crippen LogP) is 4.15. The SMILES string of the molecule is C[C@@H]1[C@H](n2ccc(=O)[nH]c2=O)O[C@@](COP(=O)(N[C@@H](C)C(=O)OCc2ccccc2)Oc2cccc3ccccc23)(N=[N+]=[N-])[C@H]1O. The van der Waals surface area contributed by atoms with E-state index in [1.165, 1.54) is 20.0 Å². The van der Waals surface area contributed by atoms with Gasteiger partial charge in [-0.05, 0) is 29.5 Å². The molecule has 46 heavy (non-hydrogen) atoms. The Morgan fingerprint density at radius 2 is 1.87 bits per heavy atom. The molecule has 0 bridgehead atoms. The van der Waals surface area contributed by atoms with Crippen LogP contribution in [0.5, 0.6) is 5.75 Å². The summed E-state index contributed by atoms with van der Waals surface area (Å²) < 4.78 is 38.5. The minimum Gasteiger partial charge on any atom is -0.460 e. The van der Waals surface area contributed by atoms with E-state index in [0.717, 1.165) is 21.6 Å². The third-order valence-electron chi connectivity index (χ3n) is 7.41. The van der Waals surface area contributed by atoms with Gasteiger partial charge in [-0.25, -0.2) is 9.36 Å². The molecule has 3 aromatic carbocycles. The average Bonchev–Trinajstić information content (AvgIpc) is 3.29. The van der Waals surface area contributed by atoms with Crippen molar-refractivity contribution in [3.8, 4) is 5.75 Å². The fourth-order valence-electron chi connectivity index (χ4n) is 5.01.